The van der Waals surface area contributed by atoms with Gasteiger partial charge in [0.1, 0.15) is 18.1 Å². The maximum absolute atomic E-state index is 15.6. The highest BCUT2D eigenvalue weighted by Gasteiger charge is 2.58. The quantitative estimate of drug-likeness (QED) is 0.349. The van der Waals surface area contributed by atoms with E-state index in [1.165, 1.54) is 18.3 Å². The van der Waals surface area contributed by atoms with Crippen LogP contribution in [0.5, 0.6) is 5.88 Å². The van der Waals surface area contributed by atoms with Crippen molar-refractivity contribution in [3.8, 4) is 17.0 Å². The second-order valence-corrected chi connectivity index (χ2v) is 13.5. The summed E-state index contributed by atoms with van der Waals surface area (Å²) < 4.78 is 48.0. The van der Waals surface area contributed by atoms with Crippen molar-refractivity contribution in [3.05, 3.63) is 42.0 Å². The van der Waals surface area contributed by atoms with E-state index in [0.29, 0.717) is 28.9 Å². The number of likely N-dealkylation sites (N-methyl/N-ethyl adjacent to an activating group) is 1. The SMILES string of the molecule is CC(C)NCCOc1ncc(-c2cc3c4c(cnc3cc2F)N(C)C(=O)C42CC(CN(C)C)C2)cc1NS(C)(=O)=O. The Balaban J connectivity index is 1.57. The number of anilines is 2. The van der Waals surface area contributed by atoms with Crippen LogP contribution in [0, 0.1) is 11.7 Å². The molecule has 1 aliphatic carbocycles. The van der Waals surface area contributed by atoms with Crippen LogP contribution in [0.1, 0.15) is 32.3 Å². The molecule has 1 saturated carbocycles. The van der Waals surface area contributed by atoms with Gasteiger partial charge in [0, 0.05) is 60.5 Å². The van der Waals surface area contributed by atoms with Gasteiger partial charge in [0.15, 0.2) is 0 Å². The fourth-order valence-electron chi connectivity index (χ4n) is 6.15. The van der Waals surface area contributed by atoms with Gasteiger partial charge in [-0.15, -0.1) is 0 Å². The molecule has 2 N–H and O–H groups in total. The number of hydrogen-bond acceptors (Lipinski definition) is 8. The Hall–Kier alpha value is -3.35. The van der Waals surface area contributed by atoms with Crippen molar-refractivity contribution in [2.75, 3.05) is 56.7 Å². The van der Waals surface area contributed by atoms with Crippen molar-refractivity contribution in [1.29, 1.82) is 0 Å². The smallest absolute Gasteiger partial charge is 0.238 e. The zero-order valence-electron chi connectivity index (χ0n) is 24.3. The number of hydrogen-bond donors (Lipinski definition) is 2. The average molecular weight is 585 g/mol. The number of aromatic nitrogens is 2. The summed E-state index contributed by atoms with van der Waals surface area (Å²) in [5.74, 6) is -0.00951. The number of nitrogens with zero attached hydrogens (tertiary/aromatic N) is 4. The van der Waals surface area contributed by atoms with Crippen LogP contribution in [-0.4, -0.2) is 82.3 Å². The fraction of sp³-hybridized carbons (Fsp3) is 0.483. The summed E-state index contributed by atoms with van der Waals surface area (Å²) in [6, 6.07) is 4.85. The lowest BCUT2D eigenvalue weighted by Crippen LogP contribution is -2.51. The van der Waals surface area contributed by atoms with Crippen LogP contribution in [0.4, 0.5) is 15.8 Å². The molecule has 1 spiro atoms. The Morgan fingerprint density at radius 2 is 1.93 bits per heavy atom. The number of sulfonamides is 1. The number of halogens is 1. The summed E-state index contributed by atoms with van der Waals surface area (Å²) in [7, 11) is 2.14. The second-order valence-electron chi connectivity index (χ2n) is 11.8. The normalized spacial score (nSPS) is 20.3. The summed E-state index contributed by atoms with van der Waals surface area (Å²) in [5.41, 5.74) is 2.12. The number of ether oxygens (including phenoxy) is 1. The van der Waals surface area contributed by atoms with Crippen molar-refractivity contribution in [3.63, 3.8) is 0 Å². The van der Waals surface area contributed by atoms with Gasteiger partial charge in [-0.05, 0) is 45.0 Å². The number of rotatable bonds is 10. The minimum absolute atomic E-state index is 0.0393. The maximum atomic E-state index is 15.6. The third kappa shape index (κ3) is 5.60. The lowest BCUT2D eigenvalue weighted by molar-refractivity contribution is -0.127. The Kier molecular flexibility index (Phi) is 7.68. The lowest BCUT2D eigenvalue weighted by Gasteiger charge is -2.45. The number of pyridine rings is 2. The molecule has 41 heavy (non-hydrogen) atoms. The van der Waals surface area contributed by atoms with E-state index < -0.39 is 21.3 Å². The van der Waals surface area contributed by atoms with Crippen molar-refractivity contribution in [1.82, 2.24) is 20.2 Å². The summed E-state index contributed by atoms with van der Waals surface area (Å²) in [5, 5.41) is 3.93. The molecule has 3 aromatic rings. The molecule has 220 valence electrons. The molecule has 0 unspecified atom stereocenters. The molecule has 0 radical (unpaired) electrons. The molecule has 5 rings (SSSR count). The Labute approximate surface area is 240 Å². The highest BCUT2D eigenvalue weighted by Crippen LogP contribution is 2.57. The summed E-state index contributed by atoms with van der Waals surface area (Å²) in [4.78, 5) is 26.2. The molecule has 1 fully saturated rings. The van der Waals surface area contributed by atoms with Crippen molar-refractivity contribution in [2.45, 2.75) is 38.1 Å². The first-order chi connectivity index (χ1) is 19.3. The lowest BCUT2D eigenvalue weighted by atomic mass is 9.58. The molecular formula is C29H37FN6O4S. The molecule has 1 amide bonds. The van der Waals surface area contributed by atoms with Gasteiger partial charge in [0.25, 0.3) is 0 Å². The van der Waals surface area contributed by atoms with E-state index in [1.54, 1.807) is 24.2 Å². The van der Waals surface area contributed by atoms with Gasteiger partial charge in [-0.3, -0.25) is 14.5 Å². The molecule has 2 aromatic heterocycles. The summed E-state index contributed by atoms with van der Waals surface area (Å²) >= 11 is 0. The topological polar surface area (TPSA) is 117 Å². The van der Waals surface area contributed by atoms with E-state index in [0.717, 1.165) is 36.9 Å². The molecule has 0 bridgehead atoms. The van der Waals surface area contributed by atoms with Crippen LogP contribution >= 0.6 is 0 Å². The molecular weight excluding hydrogens is 547 g/mol. The van der Waals surface area contributed by atoms with E-state index in [1.807, 2.05) is 27.9 Å². The molecule has 0 atom stereocenters. The first-order valence-corrected chi connectivity index (χ1v) is 15.6. The fourth-order valence-corrected chi connectivity index (χ4v) is 6.70. The van der Waals surface area contributed by atoms with E-state index in [4.69, 9.17) is 4.74 Å². The van der Waals surface area contributed by atoms with Crippen LogP contribution in [0.2, 0.25) is 0 Å². The van der Waals surface area contributed by atoms with Crippen molar-refractivity contribution >= 4 is 38.2 Å². The van der Waals surface area contributed by atoms with Gasteiger partial charge >= 0.3 is 0 Å². The number of carbonyl (C=O) groups is 1. The van der Waals surface area contributed by atoms with Gasteiger partial charge in [-0.1, -0.05) is 13.8 Å². The van der Waals surface area contributed by atoms with Crippen LogP contribution in [0.3, 0.4) is 0 Å². The Bertz CT molecular complexity index is 1600. The number of amides is 1. The van der Waals surface area contributed by atoms with Gasteiger partial charge in [-0.2, -0.15) is 0 Å². The number of benzene rings is 1. The van der Waals surface area contributed by atoms with Crippen molar-refractivity contribution < 1.29 is 22.3 Å². The van der Waals surface area contributed by atoms with E-state index in [2.05, 4.69) is 24.9 Å². The van der Waals surface area contributed by atoms with E-state index >= 15 is 4.39 Å². The molecule has 12 heteroatoms. The zero-order valence-corrected chi connectivity index (χ0v) is 25.1. The molecule has 0 saturated heterocycles. The van der Waals surface area contributed by atoms with E-state index in [-0.39, 0.29) is 35.7 Å². The predicted octanol–water partition coefficient (Wildman–Crippen LogP) is 3.37. The third-order valence-electron chi connectivity index (χ3n) is 7.74. The first-order valence-electron chi connectivity index (χ1n) is 13.7. The van der Waals surface area contributed by atoms with Gasteiger partial charge < -0.3 is 19.9 Å². The molecule has 2 aliphatic rings. The minimum Gasteiger partial charge on any atom is -0.475 e. The molecule has 3 heterocycles. The van der Waals surface area contributed by atoms with Gasteiger partial charge in [-0.25, -0.2) is 17.8 Å². The van der Waals surface area contributed by atoms with E-state index in [9.17, 15) is 13.2 Å². The average Bonchev–Trinajstić information content (AvgIpc) is 3.08. The Morgan fingerprint density at radius 3 is 2.59 bits per heavy atom. The number of fused-ring (bicyclic) bond motifs is 4. The van der Waals surface area contributed by atoms with Crippen LogP contribution in [0.25, 0.3) is 22.0 Å². The summed E-state index contributed by atoms with van der Waals surface area (Å²) in [6.45, 7) is 5.72. The van der Waals surface area contributed by atoms with Crippen LogP contribution in [-0.2, 0) is 20.2 Å². The maximum Gasteiger partial charge on any atom is 0.238 e. The summed E-state index contributed by atoms with van der Waals surface area (Å²) in [6.07, 6.45) is 5.58. The number of carbonyl (C=O) groups excluding carboxylic acids is 1. The van der Waals surface area contributed by atoms with Gasteiger partial charge in [0.2, 0.25) is 21.8 Å². The van der Waals surface area contributed by atoms with Crippen LogP contribution < -0.4 is 19.7 Å². The molecule has 1 aliphatic heterocycles. The standard InChI is InChI=1S/C29H37FN6O4S/c1-17(2)31-7-8-40-27-24(34-41(6,38)39)9-19(14-33-27)20-10-21-23(11-22(20)30)32-15-25-26(21)29(28(37)36(25)5)12-18(13-29)16-35(3)4/h9-11,14-15,17-18,31,34H,7-8,12-13,16H2,1-6H3. The predicted molar refractivity (Wildman–Crippen MR) is 158 cm³/mol. The highest BCUT2D eigenvalue weighted by atomic mass is 32.2. The van der Waals surface area contributed by atoms with Crippen molar-refractivity contribution in [2.24, 2.45) is 5.92 Å². The third-order valence-corrected chi connectivity index (χ3v) is 8.33. The monoisotopic (exact) mass is 584 g/mol. The highest BCUT2D eigenvalue weighted by molar-refractivity contribution is 7.92. The molecule has 10 nitrogen and oxygen atoms in total. The van der Waals surface area contributed by atoms with Gasteiger partial charge in [0.05, 0.1) is 29.1 Å². The first kappa shape index (κ1) is 29.2. The Morgan fingerprint density at radius 1 is 1.20 bits per heavy atom. The second kappa shape index (κ2) is 10.8. The number of nitrogens with one attached hydrogen (secondary N) is 2. The molecule has 1 aromatic carbocycles. The zero-order chi connectivity index (χ0) is 29.7. The minimum atomic E-state index is -3.67. The largest absolute Gasteiger partial charge is 0.475 e. The van der Waals surface area contributed by atoms with Crippen LogP contribution in [0.15, 0.2) is 30.6 Å².